The van der Waals surface area contributed by atoms with Crippen molar-refractivity contribution < 1.29 is 0 Å². The van der Waals surface area contributed by atoms with Crippen LogP contribution >= 0.6 is 15.9 Å². The third-order valence-corrected chi connectivity index (χ3v) is 4.73. The molecular formula is C15H23BrN2. The molecule has 1 aromatic rings. The van der Waals surface area contributed by atoms with Gasteiger partial charge in [-0.25, -0.2) is 4.98 Å². The quantitative estimate of drug-likeness (QED) is 0.813. The first-order valence-electron chi connectivity index (χ1n) is 6.96. The van der Waals surface area contributed by atoms with E-state index in [1.807, 2.05) is 6.20 Å². The lowest BCUT2D eigenvalue weighted by Crippen LogP contribution is -2.36. The molecule has 1 saturated carbocycles. The van der Waals surface area contributed by atoms with E-state index in [2.05, 4.69) is 52.8 Å². The van der Waals surface area contributed by atoms with Crippen LogP contribution in [0.15, 0.2) is 16.7 Å². The second kappa shape index (κ2) is 6.05. The van der Waals surface area contributed by atoms with Gasteiger partial charge in [0.2, 0.25) is 0 Å². The van der Waals surface area contributed by atoms with Crippen LogP contribution in [0.2, 0.25) is 0 Å². The van der Waals surface area contributed by atoms with Crippen molar-refractivity contribution in [2.45, 2.75) is 52.0 Å². The van der Waals surface area contributed by atoms with E-state index < -0.39 is 0 Å². The molecule has 1 heterocycles. The molecule has 0 spiro atoms. The van der Waals surface area contributed by atoms with Gasteiger partial charge in [0, 0.05) is 23.8 Å². The fourth-order valence-corrected chi connectivity index (χ4v) is 3.46. The first-order chi connectivity index (χ1) is 8.61. The summed E-state index contributed by atoms with van der Waals surface area (Å²) in [7, 11) is 2.19. The van der Waals surface area contributed by atoms with Crippen LogP contribution in [-0.4, -0.2) is 18.1 Å². The fourth-order valence-electron chi connectivity index (χ4n) is 3.02. The standard InChI is InChI=1S/C15H23BrN2/c1-4-12-5-7-14(8-6-12)18(3)15-11(2)9-13(16)10-17-15/h9-10,12,14H,4-8H2,1-3H3. The summed E-state index contributed by atoms with van der Waals surface area (Å²) in [5.41, 5.74) is 1.25. The number of halogens is 1. The number of aromatic nitrogens is 1. The SMILES string of the molecule is CCC1CCC(N(C)c2ncc(Br)cc2C)CC1. The lowest BCUT2D eigenvalue weighted by molar-refractivity contribution is 0.313. The minimum Gasteiger partial charge on any atom is -0.356 e. The summed E-state index contributed by atoms with van der Waals surface area (Å²) in [4.78, 5) is 6.95. The van der Waals surface area contributed by atoms with Gasteiger partial charge in [0.05, 0.1) is 0 Å². The Morgan fingerprint density at radius 2 is 2.00 bits per heavy atom. The van der Waals surface area contributed by atoms with Crippen LogP contribution in [0, 0.1) is 12.8 Å². The molecule has 1 fully saturated rings. The molecule has 100 valence electrons. The summed E-state index contributed by atoms with van der Waals surface area (Å²) in [6.45, 7) is 4.45. The van der Waals surface area contributed by atoms with Gasteiger partial charge in [0.15, 0.2) is 0 Å². The Morgan fingerprint density at radius 3 is 2.56 bits per heavy atom. The van der Waals surface area contributed by atoms with Crippen LogP contribution in [0.1, 0.15) is 44.6 Å². The van der Waals surface area contributed by atoms with E-state index in [1.165, 1.54) is 37.7 Å². The van der Waals surface area contributed by atoms with Crippen LogP contribution in [0.4, 0.5) is 5.82 Å². The Morgan fingerprint density at radius 1 is 1.33 bits per heavy atom. The number of anilines is 1. The molecule has 18 heavy (non-hydrogen) atoms. The van der Waals surface area contributed by atoms with Gasteiger partial charge in [-0.15, -0.1) is 0 Å². The lowest BCUT2D eigenvalue weighted by atomic mass is 9.84. The van der Waals surface area contributed by atoms with Gasteiger partial charge in [-0.05, 0) is 66.1 Å². The average molecular weight is 311 g/mol. The summed E-state index contributed by atoms with van der Waals surface area (Å²) in [6, 6.07) is 2.82. The Balaban J connectivity index is 2.05. The summed E-state index contributed by atoms with van der Waals surface area (Å²) in [5.74, 6) is 2.09. The first kappa shape index (κ1) is 13.9. The molecule has 2 rings (SSSR count). The van der Waals surface area contributed by atoms with Crippen molar-refractivity contribution in [2.75, 3.05) is 11.9 Å². The Hall–Kier alpha value is -0.570. The second-order valence-corrected chi connectivity index (χ2v) is 6.40. The van der Waals surface area contributed by atoms with E-state index in [-0.39, 0.29) is 0 Å². The monoisotopic (exact) mass is 310 g/mol. The summed E-state index contributed by atoms with van der Waals surface area (Å²) in [6.07, 6.45) is 8.61. The molecule has 1 aliphatic carbocycles. The molecule has 0 aliphatic heterocycles. The average Bonchev–Trinajstić information content (AvgIpc) is 2.38. The molecule has 0 aromatic carbocycles. The molecular weight excluding hydrogens is 288 g/mol. The maximum Gasteiger partial charge on any atom is 0.131 e. The van der Waals surface area contributed by atoms with Crippen molar-refractivity contribution in [3.63, 3.8) is 0 Å². The number of rotatable bonds is 3. The Bertz CT molecular complexity index is 397. The van der Waals surface area contributed by atoms with Crippen molar-refractivity contribution in [3.05, 3.63) is 22.3 Å². The third kappa shape index (κ3) is 3.05. The van der Waals surface area contributed by atoms with Crippen molar-refractivity contribution in [3.8, 4) is 0 Å². The topological polar surface area (TPSA) is 16.1 Å². The van der Waals surface area contributed by atoms with Crippen LogP contribution in [0.3, 0.4) is 0 Å². The molecule has 0 N–H and O–H groups in total. The second-order valence-electron chi connectivity index (χ2n) is 5.49. The number of hydrogen-bond acceptors (Lipinski definition) is 2. The smallest absolute Gasteiger partial charge is 0.131 e. The van der Waals surface area contributed by atoms with Crippen molar-refractivity contribution in [1.82, 2.24) is 4.98 Å². The minimum absolute atomic E-state index is 0.667. The van der Waals surface area contributed by atoms with E-state index in [4.69, 9.17) is 0 Å². The molecule has 0 radical (unpaired) electrons. The zero-order valence-corrected chi connectivity index (χ0v) is 13.2. The molecule has 0 saturated heterocycles. The molecule has 0 amide bonds. The lowest BCUT2D eigenvalue weighted by Gasteiger charge is -2.35. The van der Waals surface area contributed by atoms with Crippen LogP contribution < -0.4 is 4.90 Å². The highest BCUT2D eigenvalue weighted by Gasteiger charge is 2.24. The molecule has 2 nitrogen and oxygen atoms in total. The number of nitrogens with zero attached hydrogens (tertiary/aromatic N) is 2. The minimum atomic E-state index is 0.667. The zero-order chi connectivity index (χ0) is 13.1. The maximum atomic E-state index is 4.57. The fraction of sp³-hybridized carbons (Fsp3) is 0.667. The normalized spacial score (nSPS) is 24.0. The van der Waals surface area contributed by atoms with E-state index in [9.17, 15) is 0 Å². The number of aryl methyl sites for hydroxylation is 1. The van der Waals surface area contributed by atoms with Crippen molar-refractivity contribution >= 4 is 21.7 Å². The third-order valence-electron chi connectivity index (χ3n) is 4.29. The molecule has 0 bridgehead atoms. The van der Waals surface area contributed by atoms with E-state index in [0.717, 1.165) is 16.2 Å². The van der Waals surface area contributed by atoms with Gasteiger partial charge >= 0.3 is 0 Å². The van der Waals surface area contributed by atoms with E-state index in [1.54, 1.807) is 0 Å². The van der Waals surface area contributed by atoms with E-state index in [0.29, 0.717) is 6.04 Å². The largest absolute Gasteiger partial charge is 0.356 e. The van der Waals surface area contributed by atoms with Crippen molar-refractivity contribution in [2.24, 2.45) is 5.92 Å². The van der Waals surface area contributed by atoms with Gasteiger partial charge in [-0.3, -0.25) is 0 Å². The predicted molar refractivity (Wildman–Crippen MR) is 81.1 cm³/mol. The van der Waals surface area contributed by atoms with Crippen LogP contribution in [-0.2, 0) is 0 Å². The highest BCUT2D eigenvalue weighted by molar-refractivity contribution is 9.10. The van der Waals surface area contributed by atoms with Gasteiger partial charge in [0.25, 0.3) is 0 Å². The molecule has 1 aliphatic rings. The highest BCUT2D eigenvalue weighted by Crippen LogP contribution is 2.31. The van der Waals surface area contributed by atoms with Gasteiger partial charge in [0.1, 0.15) is 5.82 Å². The summed E-state index contributed by atoms with van der Waals surface area (Å²) < 4.78 is 1.06. The maximum absolute atomic E-state index is 4.57. The van der Waals surface area contributed by atoms with Crippen molar-refractivity contribution in [1.29, 1.82) is 0 Å². The highest BCUT2D eigenvalue weighted by atomic mass is 79.9. The molecule has 0 atom stereocenters. The molecule has 3 heteroatoms. The van der Waals surface area contributed by atoms with Crippen LogP contribution in [0.25, 0.3) is 0 Å². The Kier molecular flexibility index (Phi) is 4.66. The predicted octanol–water partition coefficient (Wildman–Crippen LogP) is 4.56. The van der Waals surface area contributed by atoms with E-state index >= 15 is 0 Å². The summed E-state index contributed by atoms with van der Waals surface area (Å²) in [5, 5.41) is 0. The van der Waals surface area contributed by atoms with Gasteiger partial charge in [-0.1, -0.05) is 13.3 Å². The molecule has 0 unspecified atom stereocenters. The number of hydrogen-bond donors (Lipinski definition) is 0. The van der Waals surface area contributed by atoms with Gasteiger partial charge in [-0.2, -0.15) is 0 Å². The molecule has 1 aromatic heterocycles. The number of pyridine rings is 1. The first-order valence-corrected chi connectivity index (χ1v) is 7.76. The Labute approximate surface area is 119 Å². The zero-order valence-electron chi connectivity index (χ0n) is 11.6. The van der Waals surface area contributed by atoms with Gasteiger partial charge < -0.3 is 4.90 Å². The summed E-state index contributed by atoms with van der Waals surface area (Å²) >= 11 is 3.48. The van der Waals surface area contributed by atoms with Crippen LogP contribution in [0.5, 0.6) is 0 Å².